The number of amides is 1. The Balaban J connectivity index is 1.62. The molecule has 118 valence electrons. The van der Waals surface area contributed by atoms with Crippen LogP contribution in [0.15, 0.2) is 54.9 Å². The Hall–Kier alpha value is -3.06. The van der Waals surface area contributed by atoms with Gasteiger partial charge in [-0.1, -0.05) is 41.7 Å². The van der Waals surface area contributed by atoms with Crippen LogP contribution in [0.1, 0.15) is 15.9 Å². The maximum absolute atomic E-state index is 12.4. The predicted molar refractivity (Wildman–Crippen MR) is 93.2 cm³/mol. The molecule has 2 aromatic carbocycles. The third kappa shape index (κ3) is 2.65. The second-order valence-electron chi connectivity index (χ2n) is 5.32. The zero-order chi connectivity index (χ0) is 16.5. The summed E-state index contributed by atoms with van der Waals surface area (Å²) in [5.41, 5.74) is 3.27. The van der Waals surface area contributed by atoms with Crippen LogP contribution in [0.3, 0.4) is 0 Å². The summed E-state index contributed by atoms with van der Waals surface area (Å²) < 4.78 is 1.64. The number of rotatable bonds is 3. The third-order valence-corrected chi connectivity index (χ3v) is 4.61. The second kappa shape index (κ2) is 5.86. The molecule has 1 N–H and O–H groups in total. The third-order valence-electron chi connectivity index (χ3n) is 3.64. The average Bonchev–Trinajstić information content (AvgIpc) is 3.17. The van der Waals surface area contributed by atoms with Crippen molar-refractivity contribution in [3.05, 3.63) is 66.0 Å². The van der Waals surface area contributed by atoms with Gasteiger partial charge in [0, 0.05) is 16.8 Å². The molecular weight excluding hydrogens is 322 g/mol. The number of aryl methyl sites for hydroxylation is 1. The number of fused-ring (bicyclic) bond motifs is 1. The number of nitrogens with zero attached hydrogens (tertiary/aromatic N) is 4. The summed E-state index contributed by atoms with van der Waals surface area (Å²) in [6.07, 6.45) is 1.57. The van der Waals surface area contributed by atoms with Crippen LogP contribution in [-0.2, 0) is 0 Å². The lowest BCUT2D eigenvalue weighted by Gasteiger charge is -2.08. The van der Waals surface area contributed by atoms with Crippen molar-refractivity contribution in [2.75, 3.05) is 5.32 Å². The summed E-state index contributed by atoms with van der Waals surface area (Å²) in [6, 6.07) is 15.1. The van der Waals surface area contributed by atoms with Crippen LogP contribution in [0.2, 0.25) is 0 Å². The molecule has 0 bridgehead atoms. The van der Waals surface area contributed by atoms with Gasteiger partial charge in [0.1, 0.15) is 11.3 Å². The highest BCUT2D eigenvalue weighted by Crippen LogP contribution is 2.27. The minimum atomic E-state index is -0.122. The number of hydrogen-bond donors (Lipinski definition) is 1. The lowest BCUT2D eigenvalue weighted by molar-refractivity contribution is 0.102. The number of benzene rings is 2. The molecule has 4 rings (SSSR count). The zero-order valence-electron chi connectivity index (χ0n) is 12.8. The van der Waals surface area contributed by atoms with Crippen molar-refractivity contribution in [2.24, 2.45) is 0 Å². The first-order valence-electron chi connectivity index (χ1n) is 7.35. The van der Waals surface area contributed by atoms with E-state index in [1.165, 1.54) is 11.3 Å². The first-order chi connectivity index (χ1) is 11.7. The van der Waals surface area contributed by atoms with E-state index in [1.54, 1.807) is 10.8 Å². The van der Waals surface area contributed by atoms with Crippen LogP contribution in [0, 0.1) is 6.92 Å². The summed E-state index contributed by atoms with van der Waals surface area (Å²) >= 11 is 1.45. The number of nitrogens with one attached hydrogen (secondary N) is 1. The maximum Gasteiger partial charge on any atom is 0.255 e. The second-order valence-corrected chi connectivity index (χ2v) is 6.27. The molecule has 0 aliphatic heterocycles. The molecule has 4 aromatic rings. The number of carbonyl (C=O) groups is 1. The van der Waals surface area contributed by atoms with Gasteiger partial charge in [-0.3, -0.25) is 4.79 Å². The molecule has 0 radical (unpaired) electrons. The fourth-order valence-corrected chi connectivity index (χ4v) is 3.25. The van der Waals surface area contributed by atoms with Gasteiger partial charge >= 0.3 is 0 Å². The van der Waals surface area contributed by atoms with E-state index in [9.17, 15) is 4.79 Å². The van der Waals surface area contributed by atoms with Gasteiger partial charge in [-0.25, -0.2) is 0 Å². The Kier molecular flexibility index (Phi) is 3.55. The quantitative estimate of drug-likeness (QED) is 0.623. The molecule has 7 heteroatoms. The SMILES string of the molecule is Cc1ccccc1C(=O)Nc1cccc(-c2nn3cnnc3s2)c1. The van der Waals surface area contributed by atoms with Crippen molar-refractivity contribution in [2.45, 2.75) is 6.92 Å². The molecule has 0 atom stereocenters. The zero-order valence-corrected chi connectivity index (χ0v) is 13.6. The lowest BCUT2D eigenvalue weighted by atomic mass is 10.1. The highest BCUT2D eigenvalue weighted by atomic mass is 32.1. The lowest BCUT2D eigenvalue weighted by Crippen LogP contribution is -2.13. The molecule has 2 aromatic heterocycles. The van der Waals surface area contributed by atoms with E-state index >= 15 is 0 Å². The van der Waals surface area contributed by atoms with E-state index in [0.717, 1.165) is 26.8 Å². The van der Waals surface area contributed by atoms with Crippen LogP contribution in [0.25, 0.3) is 15.5 Å². The maximum atomic E-state index is 12.4. The molecule has 0 spiro atoms. The summed E-state index contributed by atoms with van der Waals surface area (Å²) in [6.45, 7) is 1.92. The summed E-state index contributed by atoms with van der Waals surface area (Å²) in [4.78, 5) is 13.2. The number of hydrogen-bond acceptors (Lipinski definition) is 5. The summed E-state index contributed by atoms with van der Waals surface area (Å²) in [7, 11) is 0. The highest BCUT2D eigenvalue weighted by molar-refractivity contribution is 7.19. The van der Waals surface area contributed by atoms with Crippen molar-refractivity contribution >= 4 is 27.9 Å². The largest absolute Gasteiger partial charge is 0.322 e. The molecule has 0 aliphatic carbocycles. The van der Waals surface area contributed by atoms with Gasteiger partial charge < -0.3 is 5.32 Å². The van der Waals surface area contributed by atoms with E-state index in [0.29, 0.717) is 5.56 Å². The predicted octanol–water partition coefficient (Wildman–Crippen LogP) is 3.41. The number of aromatic nitrogens is 4. The Morgan fingerprint density at radius 1 is 1.17 bits per heavy atom. The Morgan fingerprint density at radius 3 is 2.88 bits per heavy atom. The Labute approximate surface area is 141 Å². The topological polar surface area (TPSA) is 72.2 Å². The van der Waals surface area contributed by atoms with E-state index in [2.05, 4.69) is 20.6 Å². The van der Waals surface area contributed by atoms with E-state index in [-0.39, 0.29) is 5.91 Å². The molecule has 0 saturated heterocycles. The van der Waals surface area contributed by atoms with Gasteiger partial charge in [0.25, 0.3) is 5.91 Å². The van der Waals surface area contributed by atoms with Crippen LogP contribution < -0.4 is 5.32 Å². The van der Waals surface area contributed by atoms with E-state index in [1.807, 2.05) is 55.5 Å². The van der Waals surface area contributed by atoms with Gasteiger partial charge in [0.15, 0.2) is 0 Å². The number of carbonyl (C=O) groups excluding carboxylic acids is 1. The molecule has 0 fully saturated rings. The Bertz CT molecular complexity index is 1010. The first kappa shape index (κ1) is 14.5. The summed E-state index contributed by atoms with van der Waals surface area (Å²) in [5.74, 6) is -0.122. The fourth-order valence-electron chi connectivity index (χ4n) is 2.43. The first-order valence-corrected chi connectivity index (χ1v) is 8.16. The van der Waals surface area contributed by atoms with E-state index in [4.69, 9.17) is 0 Å². The minimum absolute atomic E-state index is 0.122. The molecule has 0 unspecified atom stereocenters. The van der Waals surface area contributed by atoms with Crippen LogP contribution in [-0.4, -0.2) is 25.7 Å². The van der Waals surface area contributed by atoms with Gasteiger partial charge in [-0.05, 0) is 30.7 Å². The molecule has 2 heterocycles. The molecule has 0 saturated carbocycles. The monoisotopic (exact) mass is 335 g/mol. The number of anilines is 1. The molecule has 1 amide bonds. The van der Waals surface area contributed by atoms with Crippen LogP contribution in [0.4, 0.5) is 5.69 Å². The molecular formula is C17H13N5OS. The van der Waals surface area contributed by atoms with Crippen molar-refractivity contribution < 1.29 is 4.79 Å². The Morgan fingerprint density at radius 2 is 2.04 bits per heavy atom. The van der Waals surface area contributed by atoms with Crippen molar-refractivity contribution in [1.82, 2.24) is 19.8 Å². The molecule has 6 nitrogen and oxygen atoms in total. The smallest absolute Gasteiger partial charge is 0.255 e. The average molecular weight is 335 g/mol. The summed E-state index contributed by atoms with van der Waals surface area (Å²) in [5, 5.41) is 16.0. The normalized spacial score (nSPS) is 10.9. The van der Waals surface area contributed by atoms with Crippen LogP contribution >= 0.6 is 11.3 Å². The van der Waals surface area contributed by atoms with Crippen molar-refractivity contribution in [3.63, 3.8) is 0 Å². The molecule has 0 aliphatic rings. The molecule has 24 heavy (non-hydrogen) atoms. The van der Waals surface area contributed by atoms with Gasteiger partial charge in [0.05, 0.1) is 0 Å². The fraction of sp³-hybridized carbons (Fsp3) is 0.0588. The van der Waals surface area contributed by atoms with Gasteiger partial charge in [0.2, 0.25) is 4.96 Å². The van der Waals surface area contributed by atoms with Crippen LogP contribution in [0.5, 0.6) is 0 Å². The van der Waals surface area contributed by atoms with Gasteiger partial charge in [-0.2, -0.15) is 9.61 Å². The van der Waals surface area contributed by atoms with Gasteiger partial charge in [-0.15, -0.1) is 10.2 Å². The minimum Gasteiger partial charge on any atom is -0.322 e. The highest BCUT2D eigenvalue weighted by Gasteiger charge is 2.11. The van der Waals surface area contributed by atoms with E-state index < -0.39 is 0 Å². The van der Waals surface area contributed by atoms with Crippen molar-refractivity contribution in [1.29, 1.82) is 0 Å². The van der Waals surface area contributed by atoms with Crippen molar-refractivity contribution in [3.8, 4) is 10.6 Å². The standard InChI is InChI=1S/C17H13N5OS/c1-11-5-2-3-8-14(11)15(23)19-13-7-4-6-12(9-13)16-21-22-10-18-20-17(22)24-16/h2-10H,1H3,(H,19,23).